The number of nitrogens with zero attached hydrogens (tertiary/aromatic N) is 1. The summed E-state index contributed by atoms with van der Waals surface area (Å²) < 4.78 is 0. The molecule has 0 aromatic heterocycles. The van der Waals surface area contributed by atoms with Gasteiger partial charge in [-0.1, -0.05) is 25.7 Å². The van der Waals surface area contributed by atoms with Crippen LogP contribution in [0.3, 0.4) is 0 Å². The van der Waals surface area contributed by atoms with E-state index in [1.807, 2.05) is 6.92 Å². The Morgan fingerprint density at radius 2 is 1.76 bits per heavy atom. The van der Waals surface area contributed by atoms with Crippen LogP contribution in [0.1, 0.15) is 64.7 Å². The molecule has 0 aromatic carbocycles. The molecule has 2 aliphatic carbocycles. The van der Waals surface area contributed by atoms with Gasteiger partial charge in [-0.2, -0.15) is 0 Å². The summed E-state index contributed by atoms with van der Waals surface area (Å²) in [6, 6.07) is 1.34. The molecule has 3 atom stereocenters. The monoisotopic (exact) mass is 294 g/mol. The van der Waals surface area contributed by atoms with E-state index in [9.17, 15) is 5.11 Å². The summed E-state index contributed by atoms with van der Waals surface area (Å²) in [6.07, 6.45) is 12.2. The van der Waals surface area contributed by atoms with Crippen LogP contribution in [0.15, 0.2) is 0 Å². The number of likely N-dealkylation sites (tertiary alicyclic amines) is 1. The third-order valence-electron chi connectivity index (χ3n) is 6.06. The molecule has 2 N–H and O–H groups in total. The van der Waals surface area contributed by atoms with E-state index in [1.165, 1.54) is 64.5 Å². The van der Waals surface area contributed by atoms with Crippen molar-refractivity contribution >= 4 is 0 Å². The third-order valence-corrected chi connectivity index (χ3v) is 6.06. The van der Waals surface area contributed by atoms with Gasteiger partial charge in [0.2, 0.25) is 0 Å². The lowest BCUT2D eigenvalue weighted by atomic mass is 9.83. The van der Waals surface area contributed by atoms with Gasteiger partial charge in [0.25, 0.3) is 0 Å². The van der Waals surface area contributed by atoms with E-state index in [2.05, 4.69) is 10.2 Å². The number of piperidine rings is 1. The molecular formula is C18H34N2O. The Kier molecular flexibility index (Phi) is 5.58. The molecule has 3 aliphatic rings. The molecule has 3 fully saturated rings. The average Bonchev–Trinajstić information content (AvgIpc) is 2.44. The molecule has 3 nitrogen and oxygen atoms in total. The molecule has 0 amide bonds. The molecule has 3 unspecified atom stereocenters. The van der Waals surface area contributed by atoms with Crippen LogP contribution >= 0.6 is 0 Å². The maximum absolute atomic E-state index is 10.1. The van der Waals surface area contributed by atoms with Crippen LogP contribution in [0.5, 0.6) is 0 Å². The van der Waals surface area contributed by atoms with E-state index < -0.39 is 0 Å². The van der Waals surface area contributed by atoms with Crippen molar-refractivity contribution < 1.29 is 5.11 Å². The largest absolute Gasteiger partial charge is 0.393 e. The zero-order chi connectivity index (χ0) is 14.7. The summed E-state index contributed by atoms with van der Waals surface area (Å²) in [4.78, 5) is 2.64. The van der Waals surface area contributed by atoms with Crippen LogP contribution in [0.25, 0.3) is 0 Å². The van der Waals surface area contributed by atoms with E-state index in [-0.39, 0.29) is 6.10 Å². The molecule has 1 saturated heterocycles. The second kappa shape index (κ2) is 7.43. The molecule has 0 spiro atoms. The van der Waals surface area contributed by atoms with Crippen molar-refractivity contribution in [3.8, 4) is 0 Å². The Hall–Kier alpha value is -0.120. The molecule has 122 valence electrons. The van der Waals surface area contributed by atoms with E-state index in [1.54, 1.807) is 0 Å². The zero-order valence-corrected chi connectivity index (χ0v) is 13.8. The average molecular weight is 294 g/mol. The number of hydrogen-bond donors (Lipinski definition) is 2. The van der Waals surface area contributed by atoms with Gasteiger partial charge in [-0.05, 0) is 50.9 Å². The minimum absolute atomic E-state index is 0.162. The van der Waals surface area contributed by atoms with Gasteiger partial charge in [-0.3, -0.25) is 0 Å². The summed E-state index contributed by atoms with van der Waals surface area (Å²) in [5, 5.41) is 14.0. The maximum atomic E-state index is 10.1. The maximum Gasteiger partial charge on any atom is 0.0553 e. The molecule has 3 heteroatoms. The first-order valence-electron chi connectivity index (χ1n) is 9.37. The Bertz CT molecular complexity index is 310. The Morgan fingerprint density at radius 3 is 2.38 bits per heavy atom. The highest BCUT2D eigenvalue weighted by molar-refractivity contribution is 4.89. The second-order valence-corrected chi connectivity index (χ2v) is 7.95. The van der Waals surface area contributed by atoms with Crippen LogP contribution in [-0.2, 0) is 0 Å². The number of nitrogens with one attached hydrogen (secondary N) is 1. The smallest absolute Gasteiger partial charge is 0.0553 e. The molecule has 3 rings (SSSR count). The van der Waals surface area contributed by atoms with Crippen LogP contribution in [-0.4, -0.2) is 47.8 Å². The first-order valence-corrected chi connectivity index (χ1v) is 9.37. The predicted octanol–water partition coefficient (Wildman–Crippen LogP) is 2.78. The number of aliphatic hydroxyl groups excluding tert-OH is 1. The van der Waals surface area contributed by atoms with Gasteiger partial charge in [-0.25, -0.2) is 0 Å². The number of hydrogen-bond acceptors (Lipinski definition) is 3. The summed E-state index contributed by atoms with van der Waals surface area (Å²) in [5.74, 6) is 1.40. The molecular weight excluding hydrogens is 260 g/mol. The van der Waals surface area contributed by atoms with E-state index in [0.29, 0.717) is 12.0 Å². The first kappa shape index (κ1) is 15.8. The highest BCUT2D eigenvalue weighted by Gasteiger charge is 2.32. The highest BCUT2D eigenvalue weighted by Crippen LogP contribution is 2.30. The summed E-state index contributed by atoms with van der Waals surface area (Å²) in [5.41, 5.74) is 0. The molecule has 1 aliphatic heterocycles. The minimum Gasteiger partial charge on any atom is -0.393 e. The van der Waals surface area contributed by atoms with Crippen molar-refractivity contribution in [2.45, 2.75) is 82.9 Å². The van der Waals surface area contributed by atoms with Crippen LogP contribution in [0.2, 0.25) is 0 Å². The highest BCUT2D eigenvalue weighted by atomic mass is 16.3. The van der Waals surface area contributed by atoms with Crippen molar-refractivity contribution in [2.24, 2.45) is 11.8 Å². The van der Waals surface area contributed by atoms with Crippen molar-refractivity contribution in [1.29, 1.82) is 0 Å². The van der Waals surface area contributed by atoms with Crippen LogP contribution in [0.4, 0.5) is 0 Å². The summed E-state index contributed by atoms with van der Waals surface area (Å²) in [6.45, 7) is 5.56. The standard InChI is InChI=1S/C18H34N2O/c1-14(21)16-10-18(19-17-8-3-2-4-9-17)13-20(12-16)11-15-6-5-7-15/h14-19,21H,2-13H2,1H3. The van der Waals surface area contributed by atoms with Gasteiger partial charge < -0.3 is 15.3 Å². The van der Waals surface area contributed by atoms with E-state index >= 15 is 0 Å². The molecule has 21 heavy (non-hydrogen) atoms. The first-order chi connectivity index (χ1) is 10.2. The van der Waals surface area contributed by atoms with Crippen molar-refractivity contribution in [2.75, 3.05) is 19.6 Å². The lowest BCUT2D eigenvalue weighted by molar-refractivity contribution is 0.0321. The van der Waals surface area contributed by atoms with Crippen molar-refractivity contribution in [3.05, 3.63) is 0 Å². The van der Waals surface area contributed by atoms with Crippen molar-refractivity contribution in [1.82, 2.24) is 10.2 Å². The van der Waals surface area contributed by atoms with Crippen LogP contribution < -0.4 is 5.32 Å². The molecule has 0 radical (unpaired) electrons. The van der Waals surface area contributed by atoms with Gasteiger partial charge in [0.05, 0.1) is 6.10 Å². The van der Waals surface area contributed by atoms with E-state index in [0.717, 1.165) is 24.9 Å². The van der Waals surface area contributed by atoms with Gasteiger partial charge in [0, 0.05) is 31.7 Å². The SMILES string of the molecule is CC(O)C1CC(NC2CCCCC2)CN(CC2CCC2)C1. The third kappa shape index (κ3) is 4.43. The van der Waals surface area contributed by atoms with Gasteiger partial charge >= 0.3 is 0 Å². The normalized spacial score (nSPS) is 34.6. The number of rotatable bonds is 5. The molecule has 1 heterocycles. The fraction of sp³-hybridized carbons (Fsp3) is 1.00. The lowest BCUT2D eigenvalue weighted by Crippen LogP contribution is -2.54. The molecule has 2 saturated carbocycles. The fourth-order valence-electron chi connectivity index (χ4n) is 4.49. The zero-order valence-electron chi connectivity index (χ0n) is 13.8. The summed E-state index contributed by atoms with van der Waals surface area (Å²) in [7, 11) is 0. The van der Waals surface area contributed by atoms with Crippen LogP contribution in [0, 0.1) is 11.8 Å². The lowest BCUT2D eigenvalue weighted by Gasteiger charge is -2.43. The summed E-state index contributed by atoms with van der Waals surface area (Å²) >= 11 is 0. The number of aliphatic hydroxyl groups is 1. The van der Waals surface area contributed by atoms with Crippen molar-refractivity contribution in [3.63, 3.8) is 0 Å². The van der Waals surface area contributed by atoms with E-state index in [4.69, 9.17) is 0 Å². The second-order valence-electron chi connectivity index (χ2n) is 7.95. The molecule has 0 aromatic rings. The Labute approximate surface area is 130 Å². The van der Waals surface area contributed by atoms with Gasteiger partial charge in [0.15, 0.2) is 0 Å². The quantitative estimate of drug-likeness (QED) is 0.818. The molecule has 0 bridgehead atoms. The van der Waals surface area contributed by atoms with Gasteiger partial charge in [0.1, 0.15) is 0 Å². The Morgan fingerprint density at radius 1 is 1.00 bits per heavy atom. The topological polar surface area (TPSA) is 35.5 Å². The minimum atomic E-state index is -0.162. The van der Waals surface area contributed by atoms with Gasteiger partial charge in [-0.15, -0.1) is 0 Å². The fourth-order valence-corrected chi connectivity index (χ4v) is 4.49. The predicted molar refractivity (Wildman–Crippen MR) is 87.4 cm³/mol. The Balaban J connectivity index is 1.53.